The summed E-state index contributed by atoms with van der Waals surface area (Å²) >= 11 is 0. The Morgan fingerprint density at radius 3 is 2.21 bits per heavy atom. The molecule has 2 aromatic rings. The van der Waals surface area contributed by atoms with Gasteiger partial charge < -0.3 is 5.73 Å². The van der Waals surface area contributed by atoms with Crippen LogP contribution in [0.3, 0.4) is 0 Å². The summed E-state index contributed by atoms with van der Waals surface area (Å²) < 4.78 is 0. The predicted octanol–water partition coefficient (Wildman–Crippen LogP) is 12.1. The Balaban J connectivity index is 0. The van der Waals surface area contributed by atoms with E-state index in [0.29, 0.717) is 11.6 Å². The van der Waals surface area contributed by atoms with Crippen molar-refractivity contribution < 1.29 is 0 Å². The minimum atomic E-state index is 0.361. The minimum absolute atomic E-state index is 0.361. The van der Waals surface area contributed by atoms with E-state index in [0.717, 1.165) is 66.4 Å². The van der Waals surface area contributed by atoms with Gasteiger partial charge in [-0.3, -0.25) is 9.98 Å². The van der Waals surface area contributed by atoms with E-state index in [4.69, 9.17) is 17.1 Å². The molecule has 1 aromatic carbocycles. The number of fused-ring (bicyclic) bond motifs is 1. The third kappa shape index (κ3) is 15.4. The summed E-state index contributed by atoms with van der Waals surface area (Å²) in [6, 6.07) is 5.69. The van der Waals surface area contributed by atoms with E-state index in [1.807, 2.05) is 58.0 Å². The fraction of sp³-hybridized carbons (Fsp3) is 0.436. The van der Waals surface area contributed by atoms with E-state index in [9.17, 15) is 0 Å². The van der Waals surface area contributed by atoms with Crippen LogP contribution in [0.1, 0.15) is 113 Å². The number of allylic oxidation sites excluding steroid dienone is 8. The highest BCUT2D eigenvalue weighted by Crippen LogP contribution is 2.31. The van der Waals surface area contributed by atoms with Gasteiger partial charge in [-0.1, -0.05) is 102 Å². The van der Waals surface area contributed by atoms with Crippen LogP contribution < -0.4 is 5.73 Å². The van der Waals surface area contributed by atoms with Crippen molar-refractivity contribution in [1.29, 1.82) is 0 Å². The van der Waals surface area contributed by atoms with E-state index < -0.39 is 0 Å². The van der Waals surface area contributed by atoms with Gasteiger partial charge in [0, 0.05) is 22.6 Å². The lowest BCUT2D eigenvalue weighted by atomic mass is 9.92. The molecular weight excluding hydrogens is 510 g/mol. The van der Waals surface area contributed by atoms with E-state index in [-0.39, 0.29) is 0 Å². The second kappa shape index (κ2) is 25.1. The van der Waals surface area contributed by atoms with Crippen molar-refractivity contribution in [2.24, 2.45) is 10.9 Å². The Bertz CT molecular complexity index is 1230. The highest BCUT2D eigenvalue weighted by atomic mass is 14.8. The highest BCUT2D eigenvalue weighted by molar-refractivity contribution is 5.99. The van der Waals surface area contributed by atoms with Gasteiger partial charge in [0.1, 0.15) is 5.69 Å². The van der Waals surface area contributed by atoms with Gasteiger partial charge in [-0.15, -0.1) is 13.0 Å². The number of terminal acetylenes is 1. The zero-order chi connectivity index (χ0) is 32.5. The Morgan fingerprint density at radius 2 is 1.71 bits per heavy atom. The normalized spacial score (nSPS) is 11.8. The molecule has 0 aliphatic rings. The largest absolute Gasteiger partial charge is 0.396 e. The van der Waals surface area contributed by atoms with Gasteiger partial charge in [0.2, 0.25) is 0 Å². The quantitative estimate of drug-likeness (QED) is 0.120. The molecule has 3 heteroatoms. The maximum Gasteiger partial charge on any atom is 0.105 e. The average Bonchev–Trinajstić information content (AvgIpc) is 3.03. The van der Waals surface area contributed by atoms with Crippen LogP contribution in [0.5, 0.6) is 0 Å². The van der Waals surface area contributed by atoms with Crippen molar-refractivity contribution in [1.82, 2.24) is 4.98 Å². The third-order valence-electron chi connectivity index (χ3n) is 6.49. The lowest BCUT2D eigenvalue weighted by molar-refractivity contribution is 0.662. The smallest absolute Gasteiger partial charge is 0.105 e. The molecule has 0 saturated carbocycles. The molecule has 42 heavy (non-hydrogen) atoms. The van der Waals surface area contributed by atoms with Crippen LogP contribution >= 0.6 is 0 Å². The first kappa shape index (κ1) is 40.5. The zero-order valence-corrected chi connectivity index (χ0v) is 28.5. The molecule has 230 valence electrons. The van der Waals surface area contributed by atoms with Gasteiger partial charge in [-0.25, -0.2) is 0 Å². The molecule has 0 fully saturated rings. The Hall–Kier alpha value is -3.64. The summed E-state index contributed by atoms with van der Waals surface area (Å²) in [5.74, 6) is 3.02. The first-order valence-corrected chi connectivity index (χ1v) is 15.7. The maximum absolute atomic E-state index is 6.46. The maximum atomic E-state index is 6.46. The molecule has 3 nitrogen and oxygen atoms in total. The Labute approximate surface area is 259 Å². The van der Waals surface area contributed by atoms with Crippen molar-refractivity contribution in [3.05, 3.63) is 90.2 Å². The van der Waals surface area contributed by atoms with Crippen LogP contribution in [0, 0.1) is 18.3 Å². The number of aliphatic imine (C=N–C) groups is 1. The summed E-state index contributed by atoms with van der Waals surface area (Å²) in [4.78, 5) is 9.51. The number of hydrogen-bond acceptors (Lipinski definition) is 3. The van der Waals surface area contributed by atoms with Crippen molar-refractivity contribution in [2.45, 2.75) is 108 Å². The van der Waals surface area contributed by atoms with Crippen molar-refractivity contribution in [2.75, 3.05) is 5.73 Å². The number of pyridine rings is 1. The summed E-state index contributed by atoms with van der Waals surface area (Å²) in [5, 5.41) is 0.856. The minimum Gasteiger partial charge on any atom is -0.396 e. The molecule has 0 amide bonds. The molecule has 2 N–H and O–H groups in total. The molecule has 0 aliphatic carbocycles. The van der Waals surface area contributed by atoms with E-state index in [1.165, 1.54) is 16.7 Å². The fourth-order valence-corrected chi connectivity index (χ4v) is 3.84. The number of hydrogen-bond donors (Lipinski definition) is 1. The molecule has 1 atom stereocenters. The molecule has 0 bridgehead atoms. The molecular formula is C39H59N3. The number of nitrogens with two attached hydrogens (primary N) is 1. The van der Waals surface area contributed by atoms with Crippen LogP contribution in [0.2, 0.25) is 0 Å². The Morgan fingerprint density at radius 1 is 1.05 bits per heavy atom. The summed E-state index contributed by atoms with van der Waals surface area (Å²) in [6.45, 7) is 28.5. The number of anilines is 1. The molecule has 0 saturated heterocycles. The lowest BCUT2D eigenvalue weighted by Crippen LogP contribution is -2.13. The van der Waals surface area contributed by atoms with Gasteiger partial charge in [0.15, 0.2) is 0 Å². The molecule has 1 unspecified atom stereocenters. The lowest BCUT2D eigenvalue weighted by Gasteiger charge is -2.17. The van der Waals surface area contributed by atoms with E-state index in [1.54, 1.807) is 6.20 Å². The number of nitrogens with zero attached hydrogens (tertiary/aromatic N) is 2. The number of nitrogen functional groups attached to an aromatic ring is 1. The molecule has 1 heterocycles. The molecule has 0 aliphatic heterocycles. The summed E-state index contributed by atoms with van der Waals surface area (Å²) in [5.41, 5.74) is 14.6. The second-order valence-corrected chi connectivity index (χ2v) is 9.65. The molecule has 1 aromatic heterocycles. The van der Waals surface area contributed by atoms with Crippen LogP contribution in [0.25, 0.3) is 10.9 Å². The number of rotatable bonds is 12. The van der Waals surface area contributed by atoms with Crippen LogP contribution in [0.4, 0.5) is 11.4 Å². The van der Waals surface area contributed by atoms with Crippen molar-refractivity contribution >= 4 is 28.0 Å². The zero-order valence-electron chi connectivity index (χ0n) is 28.5. The van der Waals surface area contributed by atoms with Crippen LogP contribution in [-0.4, -0.2) is 10.7 Å². The number of benzene rings is 1. The average molecular weight is 570 g/mol. The van der Waals surface area contributed by atoms with Crippen LogP contribution in [-0.2, 0) is 0 Å². The van der Waals surface area contributed by atoms with Gasteiger partial charge >= 0.3 is 0 Å². The van der Waals surface area contributed by atoms with Crippen molar-refractivity contribution in [3.63, 3.8) is 0 Å². The van der Waals surface area contributed by atoms with Gasteiger partial charge in [0.25, 0.3) is 0 Å². The fourth-order valence-electron chi connectivity index (χ4n) is 3.84. The summed E-state index contributed by atoms with van der Waals surface area (Å²) in [6.07, 6.45) is 23.7. The standard InChI is InChI=1S/C25H31N3.C10H16.2C2H6/c1-6-11-20(9-4)22(13-10-12-18(5)7-2)28-24-17-27-23-15-14-19(8-3)16-21(23)25(24)26;1-5-10(6-2)8-7-9(3)4;2*1-2/h3,6,12,14-17,20H,1,7,9-11,13H2,2,4-5H3,(H2,26,27);5,7-8H,1,6H2,2-4H3;2*1-2H3/b18-12-,28-22?;10-8+;;. The predicted molar refractivity (Wildman–Crippen MR) is 194 cm³/mol. The highest BCUT2D eigenvalue weighted by Gasteiger charge is 2.14. The monoisotopic (exact) mass is 569 g/mol. The Kier molecular flexibility index (Phi) is 24.2. The molecule has 2 rings (SSSR count). The van der Waals surface area contributed by atoms with Gasteiger partial charge in [0.05, 0.1) is 17.4 Å². The van der Waals surface area contributed by atoms with Crippen molar-refractivity contribution in [3.8, 4) is 12.3 Å². The molecule has 0 radical (unpaired) electrons. The van der Waals surface area contributed by atoms with E-state index >= 15 is 0 Å². The van der Waals surface area contributed by atoms with E-state index in [2.05, 4.69) is 83.8 Å². The van der Waals surface area contributed by atoms with Crippen LogP contribution in [0.15, 0.2) is 89.6 Å². The first-order valence-electron chi connectivity index (χ1n) is 15.7. The third-order valence-corrected chi connectivity index (χ3v) is 6.49. The second-order valence-electron chi connectivity index (χ2n) is 9.65. The number of aromatic nitrogens is 1. The van der Waals surface area contributed by atoms with Gasteiger partial charge in [-0.05, 0) is 83.1 Å². The topological polar surface area (TPSA) is 51.3 Å². The molecule has 0 spiro atoms. The first-order chi connectivity index (χ1) is 20.2. The van der Waals surface area contributed by atoms with Gasteiger partial charge in [-0.2, -0.15) is 0 Å². The SMILES string of the molecule is C#Cc1ccc2ncc(N=C(CC/C=C(/C)CC)C(CC)CC=C)c(N)c2c1.C=C/C(=C\C=C(C)C)CC.CC.CC. The summed E-state index contributed by atoms with van der Waals surface area (Å²) in [7, 11) is 0.